The van der Waals surface area contributed by atoms with Crippen LogP contribution in [-0.2, 0) is 24.3 Å². The zero-order valence-electron chi connectivity index (χ0n) is 12.9. The van der Waals surface area contributed by atoms with Gasteiger partial charge in [0.15, 0.2) is 0 Å². The van der Waals surface area contributed by atoms with Crippen molar-refractivity contribution in [2.75, 3.05) is 13.7 Å². The molecule has 0 aliphatic carbocycles. The fourth-order valence-corrected chi connectivity index (χ4v) is 2.79. The predicted octanol–water partition coefficient (Wildman–Crippen LogP) is 1.97. The van der Waals surface area contributed by atoms with Gasteiger partial charge in [0, 0.05) is 5.02 Å². The van der Waals surface area contributed by atoms with Crippen LogP contribution in [-0.4, -0.2) is 39.7 Å². The maximum absolute atomic E-state index is 12.3. The van der Waals surface area contributed by atoms with Crippen molar-refractivity contribution in [2.45, 2.75) is 37.3 Å². The van der Waals surface area contributed by atoms with E-state index in [2.05, 4.69) is 9.46 Å². The summed E-state index contributed by atoms with van der Waals surface area (Å²) < 4.78 is 36.9. The molecule has 0 aliphatic rings. The van der Waals surface area contributed by atoms with Gasteiger partial charge in [0.2, 0.25) is 10.0 Å². The molecule has 0 saturated heterocycles. The first-order valence-electron chi connectivity index (χ1n) is 6.55. The number of methoxy groups -OCH3 is 1. The number of carbonyl (C=O) groups excluding carboxylic acids is 1. The number of nitrogens with one attached hydrogen (secondary N) is 1. The van der Waals surface area contributed by atoms with Gasteiger partial charge in [-0.1, -0.05) is 11.6 Å². The number of benzene rings is 1. The van der Waals surface area contributed by atoms with Gasteiger partial charge in [-0.2, -0.15) is 4.72 Å². The minimum atomic E-state index is -3.89. The molecule has 0 saturated carbocycles. The summed E-state index contributed by atoms with van der Waals surface area (Å²) >= 11 is 5.73. The molecule has 0 bridgehead atoms. The Hall–Kier alpha value is -1.15. The minimum absolute atomic E-state index is 0.00145. The fourth-order valence-electron chi connectivity index (χ4n) is 1.49. The van der Waals surface area contributed by atoms with Crippen molar-refractivity contribution in [1.29, 1.82) is 0 Å². The molecule has 1 rings (SSSR count). The Morgan fingerprint density at radius 2 is 1.82 bits per heavy atom. The molecule has 1 unspecified atom stereocenters. The van der Waals surface area contributed by atoms with Crippen LogP contribution in [0.1, 0.15) is 20.8 Å². The molecule has 8 heteroatoms. The van der Waals surface area contributed by atoms with Gasteiger partial charge < -0.3 is 9.47 Å². The maximum Gasteiger partial charge on any atom is 0.326 e. The second kappa shape index (κ2) is 7.41. The third kappa shape index (κ3) is 5.92. The highest BCUT2D eigenvalue weighted by molar-refractivity contribution is 7.89. The van der Waals surface area contributed by atoms with Crippen molar-refractivity contribution in [3.05, 3.63) is 29.3 Å². The van der Waals surface area contributed by atoms with E-state index in [-0.39, 0.29) is 11.5 Å². The van der Waals surface area contributed by atoms with Crippen LogP contribution in [0.25, 0.3) is 0 Å². The highest BCUT2D eigenvalue weighted by Gasteiger charge is 2.28. The van der Waals surface area contributed by atoms with Gasteiger partial charge in [-0.3, -0.25) is 4.79 Å². The monoisotopic (exact) mass is 349 g/mol. The Morgan fingerprint density at radius 3 is 2.27 bits per heavy atom. The van der Waals surface area contributed by atoms with Crippen molar-refractivity contribution >= 4 is 27.6 Å². The molecule has 1 atom stereocenters. The molecule has 0 spiro atoms. The topological polar surface area (TPSA) is 81.7 Å². The van der Waals surface area contributed by atoms with E-state index in [1.54, 1.807) is 20.8 Å². The van der Waals surface area contributed by atoms with Crippen molar-refractivity contribution < 1.29 is 22.7 Å². The Morgan fingerprint density at radius 1 is 1.27 bits per heavy atom. The summed E-state index contributed by atoms with van der Waals surface area (Å²) in [5, 5.41) is 0.416. The lowest BCUT2D eigenvalue weighted by Gasteiger charge is -2.23. The summed E-state index contributed by atoms with van der Waals surface area (Å²) in [4.78, 5) is 11.7. The smallest absolute Gasteiger partial charge is 0.326 e. The molecule has 1 N–H and O–H groups in total. The molecule has 1 aromatic carbocycles. The summed E-state index contributed by atoms with van der Waals surface area (Å²) in [5.74, 6) is -0.721. The van der Waals surface area contributed by atoms with Crippen LogP contribution < -0.4 is 4.72 Å². The molecule has 0 amide bonds. The fraction of sp³-hybridized carbons (Fsp3) is 0.500. The second-order valence-electron chi connectivity index (χ2n) is 5.57. The lowest BCUT2D eigenvalue weighted by atomic mass is 10.2. The number of hydrogen-bond acceptors (Lipinski definition) is 5. The predicted molar refractivity (Wildman–Crippen MR) is 83.3 cm³/mol. The van der Waals surface area contributed by atoms with Gasteiger partial charge in [-0.05, 0) is 45.0 Å². The van der Waals surface area contributed by atoms with Gasteiger partial charge in [-0.25, -0.2) is 8.42 Å². The molecule has 0 aliphatic heterocycles. The molecule has 22 heavy (non-hydrogen) atoms. The van der Waals surface area contributed by atoms with Gasteiger partial charge in [0.1, 0.15) is 6.04 Å². The number of sulfonamides is 1. The average Bonchev–Trinajstić information content (AvgIpc) is 2.42. The molecule has 0 radical (unpaired) electrons. The van der Waals surface area contributed by atoms with E-state index in [9.17, 15) is 13.2 Å². The third-order valence-electron chi connectivity index (χ3n) is 2.59. The highest BCUT2D eigenvalue weighted by Crippen LogP contribution is 2.15. The lowest BCUT2D eigenvalue weighted by Crippen LogP contribution is -2.46. The molecule has 6 nitrogen and oxygen atoms in total. The number of hydrogen-bond donors (Lipinski definition) is 1. The summed E-state index contributed by atoms with van der Waals surface area (Å²) in [6, 6.07) is 4.47. The standard InChI is InChI=1S/C14H20ClNO5S/c1-14(2,3)21-9-12(13(17)20-4)16-22(18,19)11-7-5-10(15)6-8-11/h5-8,12,16H,9H2,1-4H3. The zero-order valence-corrected chi connectivity index (χ0v) is 14.5. The number of halogens is 1. The minimum Gasteiger partial charge on any atom is -0.468 e. The van der Waals surface area contributed by atoms with E-state index < -0.39 is 27.6 Å². The van der Waals surface area contributed by atoms with E-state index in [0.29, 0.717) is 5.02 Å². The van der Waals surface area contributed by atoms with Crippen molar-refractivity contribution in [1.82, 2.24) is 4.72 Å². The molecular weight excluding hydrogens is 330 g/mol. The van der Waals surface area contributed by atoms with E-state index >= 15 is 0 Å². The van der Waals surface area contributed by atoms with Crippen LogP contribution in [0.3, 0.4) is 0 Å². The molecule has 0 fully saturated rings. The van der Waals surface area contributed by atoms with E-state index in [1.165, 1.54) is 31.4 Å². The first-order valence-corrected chi connectivity index (χ1v) is 8.41. The average molecular weight is 350 g/mol. The van der Waals surface area contributed by atoms with E-state index in [0.717, 1.165) is 0 Å². The highest BCUT2D eigenvalue weighted by atomic mass is 35.5. The number of esters is 1. The molecule has 124 valence electrons. The Labute approximate surface area is 135 Å². The van der Waals surface area contributed by atoms with Crippen LogP contribution in [0.5, 0.6) is 0 Å². The molecule has 0 heterocycles. The quantitative estimate of drug-likeness (QED) is 0.794. The van der Waals surface area contributed by atoms with Gasteiger partial charge in [0.25, 0.3) is 0 Å². The maximum atomic E-state index is 12.3. The van der Waals surface area contributed by atoms with Gasteiger partial charge >= 0.3 is 5.97 Å². The number of ether oxygens (including phenoxy) is 2. The molecule has 0 aromatic heterocycles. The summed E-state index contributed by atoms with van der Waals surface area (Å²) in [5.41, 5.74) is -0.516. The molecular formula is C14H20ClNO5S. The van der Waals surface area contributed by atoms with Crippen molar-refractivity contribution in [2.24, 2.45) is 0 Å². The van der Waals surface area contributed by atoms with Gasteiger partial charge in [0.05, 0.1) is 24.2 Å². The Kier molecular flexibility index (Phi) is 6.37. The van der Waals surface area contributed by atoms with Crippen LogP contribution in [0.15, 0.2) is 29.2 Å². The lowest BCUT2D eigenvalue weighted by molar-refractivity contribution is -0.145. The van der Waals surface area contributed by atoms with Crippen LogP contribution in [0, 0.1) is 0 Å². The first kappa shape index (κ1) is 18.9. The summed E-state index contributed by atoms with van der Waals surface area (Å²) in [7, 11) is -2.70. The van der Waals surface area contributed by atoms with Crippen LogP contribution in [0.4, 0.5) is 0 Å². The number of carbonyl (C=O) groups is 1. The number of rotatable bonds is 6. The Balaban J connectivity index is 2.92. The largest absolute Gasteiger partial charge is 0.468 e. The Bertz CT molecular complexity index is 607. The van der Waals surface area contributed by atoms with E-state index in [1.807, 2.05) is 0 Å². The van der Waals surface area contributed by atoms with Crippen LogP contribution >= 0.6 is 11.6 Å². The van der Waals surface area contributed by atoms with Crippen molar-refractivity contribution in [3.63, 3.8) is 0 Å². The normalized spacial score (nSPS) is 13.7. The van der Waals surface area contributed by atoms with Crippen molar-refractivity contribution in [3.8, 4) is 0 Å². The summed E-state index contributed by atoms with van der Waals surface area (Å²) in [6.07, 6.45) is 0. The third-order valence-corrected chi connectivity index (χ3v) is 4.33. The molecule has 1 aromatic rings. The van der Waals surface area contributed by atoms with Gasteiger partial charge in [-0.15, -0.1) is 0 Å². The van der Waals surface area contributed by atoms with E-state index in [4.69, 9.17) is 16.3 Å². The summed E-state index contributed by atoms with van der Waals surface area (Å²) in [6.45, 7) is 5.27. The van der Waals surface area contributed by atoms with Crippen LogP contribution in [0.2, 0.25) is 5.02 Å². The zero-order chi connectivity index (χ0) is 17.0. The second-order valence-corrected chi connectivity index (χ2v) is 7.72. The SMILES string of the molecule is COC(=O)C(COC(C)(C)C)NS(=O)(=O)c1ccc(Cl)cc1. The first-order chi connectivity index (χ1) is 10.0.